The molecule has 0 spiro atoms. The molecule has 1 saturated heterocycles. The zero-order valence-electron chi connectivity index (χ0n) is 14.4. The number of aromatic nitrogens is 2. The van der Waals surface area contributed by atoms with Crippen LogP contribution < -0.4 is 27.7 Å². The summed E-state index contributed by atoms with van der Waals surface area (Å²) in [6.07, 6.45) is 2.46. The van der Waals surface area contributed by atoms with Gasteiger partial charge in [0.2, 0.25) is 0 Å². The summed E-state index contributed by atoms with van der Waals surface area (Å²) >= 11 is 0. The van der Waals surface area contributed by atoms with Gasteiger partial charge >= 0.3 is 5.69 Å². The van der Waals surface area contributed by atoms with Crippen LogP contribution in [-0.4, -0.2) is 27.9 Å². The lowest BCUT2D eigenvalue weighted by atomic mass is 10.0. The number of aryl methyl sites for hydroxylation is 1. The molecule has 0 radical (unpaired) electrons. The number of nitrogens with zero attached hydrogens (tertiary/aromatic N) is 3. The van der Waals surface area contributed by atoms with Gasteiger partial charge in [-0.15, -0.1) is 0 Å². The van der Waals surface area contributed by atoms with Gasteiger partial charge in [0.25, 0.3) is 5.56 Å². The minimum Gasteiger partial charge on any atom is -0.367 e. The number of nitrogens with two attached hydrogens (primary N) is 2. The predicted octanol–water partition coefficient (Wildman–Crippen LogP) is 0.587. The topological polar surface area (TPSA) is 99.3 Å². The second-order valence-corrected chi connectivity index (χ2v) is 7.61. The van der Waals surface area contributed by atoms with Crippen LogP contribution in [0.4, 0.5) is 10.1 Å². The van der Waals surface area contributed by atoms with Gasteiger partial charge in [0.1, 0.15) is 5.82 Å². The second-order valence-electron chi connectivity index (χ2n) is 7.61. The summed E-state index contributed by atoms with van der Waals surface area (Å²) < 4.78 is 17.0. The highest BCUT2D eigenvalue weighted by molar-refractivity contribution is 5.87. The first kappa shape index (κ1) is 16.1. The van der Waals surface area contributed by atoms with E-state index in [-0.39, 0.29) is 17.0 Å². The van der Waals surface area contributed by atoms with Gasteiger partial charge in [-0.05, 0) is 39.2 Å². The van der Waals surface area contributed by atoms with E-state index in [0.29, 0.717) is 34.5 Å². The van der Waals surface area contributed by atoms with E-state index in [1.165, 1.54) is 6.07 Å². The van der Waals surface area contributed by atoms with Crippen LogP contribution in [-0.2, 0) is 0 Å². The summed E-state index contributed by atoms with van der Waals surface area (Å²) in [5.41, 5.74) is 6.08. The van der Waals surface area contributed by atoms with Crippen LogP contribution in [0, 0.1) is 12.7 Å². The standard InChI is InChI=1S/C17H22FN5O2/c1-9-13-11(15(24)23(20)16(25)22(13)10-3-4-10)7-12(18)14(9)21-6-5-17(2,19)8-21/h7,10H,3-6,8,19-20H2,1-2H3. The van der Waals surface area contributed by atoms with Crippen LogP contribution in [0.3, 0.4) is 0 Å². The third-order valence-corrected chi connectivity index (χ3v) is 5.30. The van der Waals surface area contributed by atoms with Crippen molar-refractivity contribution in [3.8, 4) is 0 Å². The zero-order chi connectivity index (χ0) is 18.1. The fourth-order valence-electron chi connectivity index (χ4n) is 3.89. The molecule has 0 amide bonds. The lowest BCUT2D eigenvalue weighted by Gasteiger charge is -2.25. The van der Waals surface area contributed by atoms with Crippen LogP contribution in [0.1, 0.15) is 37.8 Å². The number of fused-ring (bicyclic) bond motifs is 1. The molecule has 1 saturated carbocycles. The average molecular weight is 347 g/mol. The molecule has 2 aliphatic rings. The fraction of sp³-hybridized carbons (Fsp3) is 0.529. The van der Waals surface area contributed by atoms with Crippen LogP contribution in [0.2, 0.25) is 0 Å². The maximum absolute atomic E-state index is 14.9. The van der Waals surface area contributed by atoms with Crippen LogP contribution in [0.5, 0.6) is 0 Å². The van der Waals surface area contributed by atoms with Crippen molar-refractivity contribution in [2.75, 3.05) is 23.8 Å². The Bertz CT molecular complexity index is 1000. The summed E-state index contributed by atoms with van der Waals surface area (Å²) in [5, 5.41) is 0.141. The monoisotopic (exact) mass is 347 g/mol. The van der Waals surface area contributed by atoms with E-state index in [2.05, 4.69) is 0 Å². The highest BCUT2D eigenvalue weighted by Gasteiger charge is 2.34. The Labute approximate surface area is 143 Å². The number of nitrogen functional groups attached to an aromatic ring is 1. The molecule has 134 valence electrons. The number of halogens is 1. The average Bonchev–Trinajstić information content (AvgIpc) is 3.30. The molecule has 7 nitrogen and oxygen atoms in total. The first-order valence-corrected chi connectivity index (χ1v) is 8.50. The second kappa shape index (κ2) is 5.08. The molecule has 1 aromatic carbocycles. The number of hydrogen-bond acceptors (Lipinski definition) is 5. The van der Waals surface area contributed by atoms with Gasteiger partial charge in [0, 0.05) is 30.2 Å². The number of hydrogen-bond donors (Lipinski definition) is 2. The van der Waals surface area contributed by atoms with Gasteiger partial charge in [-0.2, -0.15) is 4.68 Å². The molecule has 2 aromatic rings. The Balaban J connectivity index is 2.05. The van der Waals surface area contributed by atoms with E-state index >= 15 is 0 Å². The van der Waals surface area contributed by atoms with Gasteiger partial charge in [-0.1, -0.05) is 0 Å². The first-order chi connectivity index (χ1) is 11.7. The molecule has 8 heteroatoms. The van der Waals surface area contributed by atoms with Gasteiger partial charge in [-0.25, -0.2) is 9.18 Å². The van der Waals surface area contributed by atoms with E-state index in [9.17, 15) is 14.0 Å². The van der Waals surface area contributed by atoms with Crippen molar-refractivity contribution in [3.05, 3.63) is 38.3 Å². The maximum atomic E-state index is 14.9. The third-order valence-electron chi connectivity index (χ3n) is 5.30. The molecule has 2 fully saturated rings. The molecule has 4 rings (SSSR count). The number of anilines is 1. The van der Waals surface area contributed by atoms with Crippen LogP contribution in [0.25, 0.3) is 10.9 Å². The van der Waals surface area contributed by atoms with Crippen LogP contribution >= 0.6 is 0 Å². The summed E-state index contributed by atoms with van der Waals surface area (Å²) in [6.45, 7) is 4.86. The van der Waals surface area contributed by atoms with Gasteiger partial charge in [0.05, 0.1) is 16.6 Å². The Morgan fingerprint density at radius 3 is 2.56 bits per heavy atom. The summed E-state index contributed by atoms with van der Waals surface area (Å²) in [6, 6.07) is 1.22. The van der Waals surface area contributed by atoms with E-state index in [1.807, 2.05) is 11.8 Å². The minimum absolute atomic E-state index is 0.0146. The van der Waals surface area contributed by atoms with Crippen molar-refractivity contribution >= 4 is 16.6 Å². The van der Waals surface area contributed by atoms with Crippen molar-refractivity contribution in [1.29, 1.82) is 0 Å². The summed E-state index contributed by atoms with van der Waals surface area (Å²) in [4.78, 5) is 26.8. The largest absolute Gasteiger partial charge is 0.367 e. The van der Waals surface area contributed by atoms with E-state index in [0.717, 1.165) is 19.3 Å². The molecule has 25 heavy (non-hydrogen) atoms. The first-order valence-electron chi connectivity index (χ1n) is 8.50. The fourth-order valence-corrected chi connectivity index (χ4v) is 3.89. The van der Waals surface area contributed by atoms with Crippen molar-refractivity contribution in [1.82, 2.24) is 9.24 Å². The summed E-state index contributed by atoms with van der Waals surface area (Å²) in [7, 11) is 0. The lowest BCUT2D eigenvalue weighted by molar-refractivity contribution is 0.524. The van der Waals surface area contributed by atoms with E-state index < -0.39 is 17.1 Å². The highest BCUT2D eigenvalue weighted by atomic mass is 19.1. The minimum atomic E-state index is -0.671. The van der Waals surface area contributed by atoms with Gasteiger partial charge in [-0.3, -0.25) is 9.36 Å². The maximum Gasteiger partial charge on any atom is 0.350 e. The molecular formula is C17H22FN5O2. The highest BCUT2D eigenvalue weighted by Crippen LogP contribution is 2.39. The molecule has 1 aromatic heterocycles. The normalized spacial score (nSPS) is 23.6. The molecule has 2 heterocycles. The van der Waals surface area contributed by atoms with E-state index in [1.54, 1.807) is 11.5 Å². The van der Waals surface area contributed by atoms with Crippen molar-refractivity contribution in [2.24, 2.45) is 5.73 Å². The molecule has 0 bridgehead atoms. The molecule has 1 aliphatic carbocycles. The molecular weight excluding hydrogens is 325 g/mol. The quantitative estimate of drug-likeness (QED) is 0.775. The predicted molar refractivity (Wildman–Crippen MR) is 95.0 cm³/mol. The van der Waals surface area contributed by atoms with Gasteiger partial charge in [0.15, 0.2) is 0 Å². The Morgan fingerprint density at radius 2 is 2.00 bits per heavy atom. The Hall–Kier alpha value is -2.35. The van der Waals surface area contributed by atoms with Crippen molar-refractivity contribution < 1.29 is 4.39 Å². The molecule has 1 unspecified atom stereocenters. The molecule has 1 aliphatic heterocycles. The smallest absolute Gasteiger partial charge is 0.350 e. The molecule has 4 N–H and O–H groups in total. The van der Waals surface area contributed by atoms with Gasteiger partial charge < -0.3 is 16.5 Å². The third kappa shape index (κ3) is 2.35. The number of benzene rings is 1. The molecule has 1 atom stereocenters. The van der Waals surface area contributed by atoms with Crippen LogP contribution in [0.15, 0.2) is 15.7 Å². The lowest BCUT2D eigenvalue weighted by Crippen LogP contribution is -2.45. The SMILES string of the molecule is Cc1c(N2CCC(C)(N)C2)c(F)cc2c(=O)n(N)c(=O)n(C3CC3)c12. The van der Waals surface area contributed by atoms with Crippen molar-refractivity contribution in [3.63, 3.8) is 0 Å². The van der Waals surface area contributed by atoms with Crippen molar-refractivity contribution in [2.45, 2.75) is 44.7 Å². The zero-order valence-corrected chi connectivity index (χ0v) is 14.4. The Kier molecular flexibility index (Phi) is 3.28. The van der Waals surface area contributed by atoms with E-state index in [4.69, 9.17) is 11.6 Å². The summed E-state index contributed by atoms with van der Waals surface area (Å²) in [5.74, 6) is 5.15. The number of rotatable bonds is 2. The Morgan fingerprint density at radius 1 is 1.32 bits per heavy atom.